The normalized spacial score (nSPS) is 17.7. The zero-order chi connectivity index (χ0) is 13.2. The Morgan fingerprint density at radius 2 is 2.37 bits per heavy atom. The molecule has 2 aromatic rings. The molecule has 1 aromatic heterocycles. The highest BCUT2D eigenvalue weighted by Crippen LogP contribution is 2.35. The molecule has 1 unspecified atom stereocenters. The van der Waals surface area contributed by atoms with Gasteiger partial charge in [-0.05, 0) is 37.0 Å². The highest BCUT2D eigenvalue weighted by atomic mass is 79.9. The minimum absolute atomic E-state index is 0.508. The Morgan fingerprint density at radius 1 is 1.47 bits per heavy atom. The summed E-state index contributed by atoms with van der Waals surface area (Å²) in [5.41, 5.74) is 4.07. The molecular formula is C15H17BrN2S. The molecular weight excluding hydrogens is 320 g/mol. The van der Waals surface area contributed by atoms with Crippen LogP contribution in [0.1, 0.15) is 34.3 Å². The monoisotopic (exact) mass is 336 g/mol. The molecule has 1 aliphatic rings. The summed E-state index contributed by atoms with van der Waals surface area (Å²) in [6.45, 7) is 3.06. The summed E-state index contributed by atoms with van der Waals surface area (Å²) in [6, 6.07) is 7.03. The van der Waals surface area contributed by atoms with E-state index in [0.717, 1.165) is 18.7 Å². The fourth-order valence-corrected chi connectivity index (χ4v) is 4.05. The molecule has 3 rings (SSSR count). The maximum atomic E-state index is 4.50. The number of halogens is 1. The summed E-state index contributed by atoms with van der Waals surface area (Å²) in [7, 11) is 0. The maximum absolute atomic E-state index is 4.50. The van der Waals surface area contributed by atoms with E-state index < -0.39 is 0 Å². The lowest BCUT2D eigenvalue weighted by molar-refractivity contribution is 0.533. The molecule has 0 bridgehead atoms. The lowest BCUT2D eigenvalue weighted by atomic mass is 10.1. The van der Waals surface area contributed by atoms with Crippen LogP contribution in [-0.4, -0.2) is 11.5 Å². The van der Waals surface area contributed by atoms with E-state index in [4.69, 9.17) is 0 Å². The molecule has 2 nitrogen and oxygen atoms in total. The van der Waals surface area contributed by atoms with Crippen molar-refractivity contribution in [3.63, 3.8) is 0 Å². The first-order valence-corrected chi connectivity index (χ1v) is 8.33. The van der Waals surface area contributed by atoms with E-state index in [1.165, 1.54) is 33.4 Å². The average molecular weight is 337 g/mol. The predicted octanol–water partition coefficient (Wildman–Crippen LogP) is 4.03. The van der Waals surface area contributed by atoms with Gasteiger partial charge in [0.15, 0.2) is 0 Å². The van der Waals surface area contributed by atoms with Crippen LogP contribution in [0.4, 0.5) is 0 Å². The molecule has 0 aliphatic heterocycles. The van der Waals surface area contributed by atoms with E-state index in [2.05, 4.69) is 56.7 Å². The summed E-state index contributed by atoms with van der Waals surface area (Å²) < 4.78 is 1.25. The van der Waals surface area contributed by atoms with Gasteiger partial charge in [-0.15, -0.1) is 11.3 Å². The summed E-state index contributed by atoms with van der Waals surface area (Å²) in [4.78, 5) is 4.50. The van der Waals surface area contributed by atoms with E-state index in [1.54, 1.807) is 11.3 Å². The molecule has 1 aromatic carbocycles. The third-order valence-corrected chi connectivity index (χ3v) is 5.38. The Balaban J connectivity index is 1.59. The second-order valence-corrected chi connectivity index (χ2v) is 6.78. The van der Waals surface area contributed by atoms with Gasteiger partial charge in [0.25, 0.3) is 0 Å². The fraction of sp³-hybridized carbons (Fsp3) is 0.400. The van der Waals surface area contributed by atoms with Gasteiger partial charge in [-0.2, -0.15) is 0 Å². The number of nitrogens with zero attached hydrogens (tertiary/aromatic N) is 1. The number of hydrogen-bond acceptors (Lipinski definition) is 3. The molecule has 1 atom stereocenters. The minimum atomic E-state index is 0.508. The first-order valence-electron chi connectivity index (χ1n) is 6.65. The third-order valence-electron chi connectivity index (χ3n) is 3.61. The standard InChI is InChI=1S/C15H17BrN2S/c1-10-9-19-15(18-10)7-8-17-14-6-5-11-12(14)3-2-4-13(11)16/h2-4,9,14,17H,5-8H2,1H3. The lowest BCUT2D eigenvalue weighted by Gasteiger charge is -2.13. The van der Waals surface area contributed by atoms with Crippen molar-refractivity contribution >= 4 is 27.3 Å². The zero-order valence-electron chi connectivity index (χ0n) is 10.9. The topological polar surface area (TPSA) is 24.9 Å². The number of aromatic nitrogens is 1. The van der Waals surface area contributed by atoms with E-state index in [1.807, 2.05) is 0 Å². The number of aryl methyl sites for hydroxylation is 1. The van der Waals surface area contributed by atoms with Crippen LogP contribution in [0.2, 0.25) is 0 Å². The highest BCUT2D eigenvalue weighted by molar-refractivity contribution is 9.10. The Kier molecular flexibility index (Phi) is 4.01. The van der Waals surface area contributed by atoms with Gasteiger partial charge in [-0.3, -0.25) is 0 Å². The van der Waals surface area contributed by atoms with Crippen molar-refractivity contribution in [3.8, 4) is 0 Å². The fourth-order valence-electron chi connectivity index (χ4n) is 2.69. The first-order chi connectivity index (χ1) is 9.24. The Morgan fingerprint density at radius 3 is 3.16 bits per heavy atom. The molecule has 0 amide bonds. The summed E-state index contributed by atoms with van der Waals surface area (Å²) in [6.07, 6.45) is 3.40. The molecule has 0 radical (unpaired) electrons. The molecule has 0 saturated heterocycles. The number of fused-ring (bicyclic) bond motifs is 1. The van der Waals surface area contributed by atoms with E-state index in [0.29, 0.717) is 6.04 Å². The van der Waals surface area contributed by atoms with Gasteiger partial charge in [-0.25, -0.2) is 4.98 Å². The zero-order valence-corrected chi connectivity index (χ0v) is 13.4. The largest absolute Gasteiger partial charge is 0.310 e. The van der Waals surface area contributed by atoms with Crippen molar-refractivity contribution in [3.05, 3.63) is 49.9 Å². The van der Waals surface area contributed by atoms with E-state index >= 15 is 0 Å². The Labute approximate surface area is 126 Å². The van der Waals surface area contributed by atoms with Gasteiger partial charge in [0.2, 0.25) is 0 Å². The Hall–Kier alpha value is -0.710. The molecule has 1 heterocycles. The molecule has 4 heteroatoms. The SMILES string of the molecule is Cc1csc(CCNC2CCc3c(Br)cccc32)n1. The third kappa shape index (κ3) is 2.91. The molecule has 19 heavy (non-hydrogen) atoms. The Bertz CT molecular complexity index is 579. The number of benzene rings is 1. The molecule has 0 spiro atoms. The van der Waals surface area contributed by atoms with Crippen molar-refractivity contribution < 1.29 is 0 Å². The van der Waals surface area contributed by atoms with Crippen molar-refractivity contribution in [2.45, 2.75) is 32.2 Å². The number of rotatable bonds is 4. The van der Waals surface area contributed by atoms with Crippen LogP contribution in [0.25, 0.3) is 0 Å². The molecule has 0 fully saturated rings. The van der Waals surface area contributed by atoms with Crippen LogP contribution >= 0.6 is 27.3 Å². The van der Waals surface area contributed by atoms with Crippen LogP contribution in [0.15, 0.2) is 28.1 Å². The first kappa shape index (κ1) is 13.3. The van der Waals surface area contributed by atoms with Gasteiger partial charge >= 0.3 is 0 Å². The van der Waals surface area contributed by atoms with Crippen LogP contribution in [0.3, 0.4) is 0 Å². The summed E-state index contributed by atoms with van der Waals surface area (Å²) in [5.74, 6) is 0. The number of thiazole rings is 1. The van der Waals surface area contributed by atoms with Crippen molar-refractivity contribution in [1.29, 1.82) is 0 Å². The predicted molar refractivity (Wildman–Crippen MR) is 83.8 cm³/mol. The van der Waals surface area contributed by atoms with Crippen molar-refractivity contribution in [1.82, 2.24) is 10.3 Å². The number of nitrogens with one attached hydrogen (secondary N) is 1. The molecule has 100 valence electrons. The van der Waals surface area contributed by atoms with Crippen LogP contribution in [-0.2, 0) is 12.8 Å². The van der Waals surface area contributed by atoms with Crippen LogP contribution < -0.4 is 5.32 Å². The second kappa shape index (κ2) is 5.73. The van der Waals surface area contributed by atoms with Crippen molar-refractivity contribution in [2.75, 3.05) is 6.54 Å². The summed E-state index contributed by atoms with van der Waals surface area (Å²) >= 11 is 5.41. The summed E-state index contributed by atoms with van der Waals surface area (Å²) in [5, 5.41) is 7.02. The van der Waals surface area contributed by atoms with Crippen molar-refractivity contribution in [2.24, 2.45) is 0 Å². The van der Waals surface area contributed by atoms with Gasteiger partial charge in [0.1, 0.15) is 0 Å². The smallest absolute Gasteiger partial charge is 0.0940 e. The van der Waals surface area contributed by atoms with Gasteiger partial charge < -0.3 is 5.32 Å². The highest BCUT2D eigenvalue weighted by Gasteiger charge is 2.23. The van der Waals surface area contributed by atoms with Gasteiger partial charge in [0, 0.05) is 34.6 Å². The maximum Gasteiger partial charge on any atom is 0.0940 e. The molecule has 0 saturated carbocycles. The van der Waals surface area contributed by atoms with Gasteiger partial charge in [0.05, 0.1) is 5.01 Å². The number of hydrogen-bond donors (Lipinski definition) is 1. The van der Waals surface area contributed by atoms with E-state index in [-0.39, 0.29) is 0 Å². The van der Waals surface area contributed by atoms with Gasteiger partial charge in [-0.1, -0.05) is 28.1 Å². The molecule has 1 N–H and O–H groups in total. The van der Waals surface area contributed by atoms with E-state index in [9.17, 15) is 0 Å². The lowest BCUT2D eigenvalue weighted by Crippen LogP contribution is -2.21. The average Bonchev–Trinajstić information content (AvgIpc) is 2.98. The molecule has 1 aliphatic carbocycles. The van der Waals surface area contributed by atoms with Crippen LogP contribution in [0.5, 0.6) is 0 Å². The second-order valence-electron chi connectivity index (χ2n) is 4.99. The minimum Gasteiger partial charge on any atom is -0.310 e. The quantitative estimate of drug-likeness (QED) is 0.911. The van der Waals surface area contributed by atoms with Crippen LogP contribution in [0, 0.1) is 6.92 Å².